The normalized spacial score (nSPS) is 9.43. The van der Waals surface area contributed by atoms with E-state index >= 15 is 0 Å². The summed E-state index contributed by atoms with van der Waals surface area (Å²) in [6, 6.07) is 2.87. The molecule has 1 aromatic heterocycles. The smallest absolute Gasteiger partial charge is 0.177 e. The molecule has 3 heteroatoms. The van der Waals surface area contributed by atoms with Crippen LogP contribution in [0.2, 0.25) is 4.34 Å². The Balaban J connectivity index is 3.04. The van der Waals surface area contributed by atoms with Crippen LogP contribution in [0.25, 0.3) is 0 Å². The van der Waals surface area contributed by atoms with E-state index in [-0.39, 0.29) is 5.13 Å². The Hall–Kier alpha value is -0.0800. The summed E-state index contributed by atoms with van der Waals surface area (Å²) in [7, 11) is 0. The van der Waals surface area contributed by atoms with E-state index in [1.807, 2.05) is 0 Å². The highest BCUT2D eigenvalue weighted by atomic mass is 35.5. The number of hydrogen-bond donors (Lipinski definition) is 0. The van der Waals surface area contributed by atoms with E-state index < -0.39 is 0 Å². The summed E-state index contributed by atoms with van der Waals surface area (Å²) in [6.07, 6.45) is 0. The Morgan fingerprint density at radius 3 is 2.43 bits per heavy atom. The first-order valence-electron chi connectivity index (χ1n) is 1.70. The molecule has 1 aromatic rings. The number of thiophene rings is 1. The SMILES string of the molecule is Fc1ccc(Cl)s1. The predicted octanol–water partition coefficient (Wildman–Crippen LogP) is 2.54. The van der Waals surface area contributed by atoms with E-state index in [0.29, 0.717) is 4.34 Å². The molecule has 1 heterocycles. The van der Waals surface area contributed by atoms with Gasteiger partial charge in [-0.15, -0.1) is 0 Å². The molecule has 0 fully saturated rings. The average molecular weight is 137 g/mol. The summed E-state index contributed by atoms with van der Waals surface area (Å²) < 4.78 is 12.4. The molecular weight excluding hydrogens is 135 g/mol. The maximum Gasteiger partial charge on any atom is 0.177 e. The van der Waals surface area contributed by atoms with Gasteiger partial charge in [0.15, 0.2) is 5.13 Å². The van der Waals surface area contributed by atoms with Crippen molar-refractivity contribution in [2.75, 3.05) is 0 Å². The van der Waals surface area contributed by atoms with Crippen LogP contribution in [0.4, 0.5) is 4.39 Å². The Labute approximate surface area is 49.5 Å². The van der Waals surface area contributed by atoms with Crippen molar-refractivity contribution in [3.63, 3.8) is 0 Å². The molecule has 0 aromatic carbocycles. The van der Waals surface area contributed by atoms with E-state index in [4.69, 9.17) is 11.6 Å². The lowest BCUT2D eigenvalue weighted by Gasteiger charge is -1.65. The van der Waals surface area contributed by atoms with Gasteiger partial charge in [-0.05, 0) is 12.1 Å². The van der Waals surface area contributed by atoms with Gasteiger partial charge in [0.05, 0.1) is 4.34 Å². The van der Waals surface area contributed by atoms with Crippen LogP contribution in [0.15, 0.2) is 12.1 Å². The highest BCUT2D eigenvalue weighted by molar-refractivity contribution is 7.14. The van der Waals surface area contributed by atoms with Crippen LogP contribution in [0.5, 0.6) is 0 Å². The van der Waals surface area contributed by atoms with Crippen molar-refractivity contribution in [3.8, 4) is 0 Å². The van der Waals surface area contributed by atoms with E-state index in [0.717, 1.165) is 11.3 Å². The molecule has 0 radical (unpaired) electrons. The summed E-state index contributed by atoms with van der Waals surface area (Å²) in [5.41, 5.74) is 0. The van der Waals surface area contributed by atoms with Gasteiger partial charge in [0.25, 0.3) is 0 Å². The fraction of sp³-hybridized carbons (Fsp3) is 0. The number of hydrogen-bond acceptors (Lipinski definition) is 1. The first kappa shape index (κ1) is 5.06. The minimum atomic E-state index is -0.231. The Bertz CT molecular complexity index is 144. The van der Waals surface area contributed by atoms with Crippen LogP contribution < -0.4 is 0 Å². The van der Waals surface area contributed by atoms with Crippen LogP contribution >= 0.6 is 22.9 Å². The molecule has 0 atom stereocenters. The zero-order valence-electron chi connectivity index (χ0n) is 3.32. The third-order valence-electron chi connectivity index (χ3n) is 0.540. The maximum atomic E-state index is 11.9. The molecule has 0 aliphatic rings. The molecule has 38 valence electrons. The zero-order chi connectivity index (χ0) is 5.28. The van der Waals surface area contributed by atoms with Crippen molar-refractivity contribution in [1.29, 1.82) is 0 Å². The van der Waals surface area contributed by atoms with Gasteiger partial charge in [0, 0.05) is 0 Å². The Kier molecular flexibility index (Phi) is 1.30. The highest BCUT2D eigenvalue weighted by Gasteiger charge is 1.90. The molecular formula is C4H2ClFS. The van der Waals surface area contributed by atoms with E-state index in [2.05, 4.69) is 0 Å². The lowest BCUT2D eigenvalue weighted by molar-refractivity contribution is 0.657. The molecule has 0 unspecified atom stereocenters. The summed E-state index contributed by atoms with van der Waals surface area (Å²) in [5, 5.41) is -0.231. The second-order valence-electron chi connectivity index (χ2n) is 1.04. The van der Waals surface area contributed by atoms with Gasteiger partial charge in [-0.1, -0.05) is 22.9 Å². The highest BCUT2D eigenvalue weighted by Crippen LogP contribution is 2.18. The predicted molar refractivity (Wildman–Crippen MR) is 29.3 cm³/mol. The zero-order valence-corrected chi connectivity index (χ0v) is 4.89. The summed E-state index contributed by atoms with van der Waals surface area (Å²) in [6.45, 7) is 0. The minimum Gasteiger partial charge on any atom is -0.195 e. The average Bonchev–Trinajstić information content (AvgIpc) is 1.87. The van der Waals surface area contributed by atoms with Crippen molar-refractivity contribution < 1.29 is 4.39 Å². The van der Waals surface area contributed by atoms with E-state index in [1.165, 1.54) is 12.1 Å². The molecule has 0 bridgehead atoms. The number of halogens is 2. The molecule has 0 saturated heterocycles. The standard InChI is InChI=1S/C4H2ClFS/c5-3-1-2-4(6)7-3/h1-2H. The third-order valence-corrected chi connectivity index (χ3v) is 1.56. The van der Waals surface area contributed by atoms with Gasteiger partial charge in [0.2, 0.25) is 0 Å². The van der Waals surface area contributed by atoms with E-state index in [1.54, 1.807) is 0 Å². The first-order chi connectivity index (χ1) is 3.29. The molecule has 0 amide bonds. The molecule has 0 N–H and O–H groups in total. The maximum absolute atomic E-state index is 11.9. The van der Waals surface area contributed by atoms with Crippen molar-refractivity contribution in [1.82, 2.24) is 0 Å². The molecule has 0 nitrogen and oxygen atoms in total. The Morgan fingerprint density at radius 1 is 1.57 bits per heavy atom. The van der Waals surface area contributed by atoms with Gasteiger partial charge < -0.3 is 0 Å². The van der Waals surface area contributed by atoms with Crippen LogP contribution in [0.3, 0.4) is 0 Å². The van der Waals surface area contributed by atoms with Crippen LogP contribution in [0.1, 0.15) is 0 Å². The summed E-state index contributed by atoms with van der Waals surface area (Å²) in [5.74, 6) is 0. The summed E-state index contributed by atoms with van der Waals surface area (Å²) in [4.78, 5) is 0. The largest absolute Gasteiger partial charge is 0.195 e. The van der Waals surface area contributed by atoms with Crippen molar-refractivity contribution in [2.45, 2.75) is 0 Å². The minimum absolute atomic E-state index is 0.231. The van der Waals surface area contributed by atoms with Gasteiger partial charge >= 0.3 is 0 Å². The quantitative estimate of drug-likeness (QED) is 0.514. The van der Waals surface area contributed by atoms with Gasteiger partial charge in [-0.3, -0.25) is 0 Å². The van der Waals surface area contributed by atoms with Crippen molar-refractivity contribution in [3.05, 3.63) is 21.6 Å². The number of rotatable bonds is 0. The topological polar surface area (TPSA) is 0 Å². The monoisotopic (exact) mass is 136 g/mol. The lowest BCUT2D eigenvalue weighted by atomic mass is 10.7. The molecule has 0 spiro atoms. The van der Waals surface area contributed by atoms with Gasteiger partial charge in [0.1, 0.15) is 0 Å². The summed E-state index contributed by atoms with van der Waals surface area (Å²) >= 11 is 6.28. The molecule has 0 saturated carbocycles. The second kappa shape index (κ2) is 1.80. The second-order valence-corrected chi connectivity index (χ2v) is 2.71. The van der Waals surface area contributed by atoms with Gasteiger partial charge in [-0.25, -0.2) is 0 Å². The van der Waals surface area contributed by atoms with Crippen molar-refractivity contribution in [2.24, 2.45) is 0 Å². The molecule has 0 aliphatic heterocycles. The Morgan fingerprint density at radius 2 is 2.29 bits per heavy atom. The molecule has 1 rings (SSSR count). The first-order valence-corrected chi connectivity index (χ1v) is 2.89. The molecule has 0 aliphatic carbocycles. The van der Waals surface area contributed by atoms with Crippen LogP contribution in [-0.4, -0.2) is 0 Å². The molecule has 7 heavy (non-hydrogen) atoms. The van der Waals surface area contributed by atoms with Crippen LogP contribution in [0, 0.1) is 5.13 Å². The van der Waals surface area contributed by atoms with Crippen LogP contribution in [-0.2, 0) is 0 Å². The van der Waals surface area contributed by atoms with E-state index in [9.17, 15) is 4.39 Å². The lowest BCUT2D eigenvalue weighted by Crippen LogP contribution is -1.43. The fourth-order valence-corrected chi connectivity index (χ4v) is 1.03. The van der Waals surface area contributed by atoms with Crippen molar-refractivity contribution >= 4 is 22.9 Å². The fourth-order valence-electron chi connectivity index (χ4n) is 0.292. The third kappa shape index (κ3) is 1.14. The van der Waals surface area contributed by atoms with Gasteiger partial charge in [-0.2, -0.15) is 4.39 Å².